The van der Waals surface area contributed by atoms with Crippen LogP contribution in [-0.2, 0) is 9.47 Å². The Bertz CT molecular complexity index is 94.1. The molecule has 4 nitrogen and oxygen atoms in total. The topological polar surface area (TPSA) is 50.9 Å². The molecule has 60 valence electrons. The molecule has 0 aromatic rings. The molecule has 1 saturated heterocycles. The summed E-state index contributed by atoms with van der Waals surface area (Å²) in [5, 5.41) is 0. The second kappa shape index (κ2) is 6.57. The van der Waals surface area contributed by atoms with Crippen LogP contribution in [0.2, 0.25) is 0 Å². The first kappa shape index (κ1) is 9.45. The van der Waals surface area contributed by atoms with Crippen molar-refractivity contribution in [2.24, 2.45) is 0 Å². The van der Waals surface area contributed by atoms with Crippen molar-refractivity contribution in [3.8, 4) is 0 Å². The Morgan fingerprint density at radius 3 is 2.40 bits per heavy atom. The smallest absolute Gasteiger partial charge is 0.398 e. The van der Waals surface area contributed by atoms with E-state index in [1.807, 2.05) is 0 Å². The SMILES string of the molecule is C1CO1.CCOC(=O)N[SiH3]. The van der Waals surface area contributed by atoms with Gasteiger partial charge in [0.25, 0.3) is 0 Å². The highest BCUT2D eigenvalue weighted by molar-refractivity contribution is 6.12. The number of rotatable bonds is 1. The lowest BCUT2D eigenvalue weighted by Crippen LogP contribution is -2.20. The highest BCUT2D eigenvalue weighted by atomic mass is 28.2. The number of carbonyl (C=O) groups is 1. The molecule has 1 rings (SSSR count). The summed E-state index contributed by atoms with van der Waals surface area (Å²) in [6.07, 6.45) is -0.311. The number of carbonyl (C=O) groups excluding carboxylic acids is 1. The molecule has 0 saturated carbocycles. The first-order valence-electron chi connectivity index (χ1n) is 3.23. The van der Waals surface area contributed by atoms with Crippen molar-refractivity contribution in [3.63, 3.8) is 0 Å². The lowest BCUT2D eigenvalue weighted by molar-refractivity contribution is 0.159. The van der Waals surface area contributed by atoms with Crippen molar-refractivity contribution in [1.29, 1.82) is 0 Å². The van der Waals surface area contributed by atoms with Crippen molar-refractivity contribution in [3.05, 3.63) is 0 Å². The summed E-state index contributed by atoms with van der Waals surface area (Å²) in [5.41, 5.74) is 0. The molecular formula is C5H13NO3Si. The number of hydrogen-bond donors (Lipinski definition) is 1. The normalized spacial score (nSPS) is 12.9. The molecule has 1 fully saturated rings. The van der Waals surface area contributed by atoms with Gasteiger partial charge in [-0.2, -0.15) is 0 Å². The van der Waals surface area contributed by atoms with Gasteiger partial charge in [0.05, 0.1) is 19.8 Å². The van der Waals surface area contributed by atoms with Crippen LogP contribution in [0.1, 0.15) is 6.92 Å². The monoisotopic (exact) mass is 163 g/mol. The van der Waals surface area contributed by atoms with E-state index in [0.29, 0.717) is 17.0 Å². The largest absolute Gasteiger partial charge is 0.450 e. The zero-order valence-electron chi connectivity index (χ0n) is 6.35. The van der Waals surface area contributed by atoms with Crippen LogP contribution in [0.5, 0.6) is 0 Å². The van der Waals surface area contributed by atoms with Gasteiger partial charge in [-0.25, -0.2) is 4.79 Å². The minimum atomic E-state index is -0.311. The minimum Gasteiger partial charge on any atom is -0.450 e. The maximum absolute atomic E-state index is 10.1. The Balaban J connectivity index is 0.000000219. The van der Waals surface area contributed by atoms with Crippen molar-refractivity contribution in [2.45, 2.75) is 6.92 Å². The Morgan fingerprint density at radius 1 is 1.80 bits per heavy atom. The first-order chi connectivity index (χ1) is 4.81. The third-order valence-electron chi connectivity index (χ3n) is 0.684. The Hall–Kier alpha value is -0.553. The molecule has 0 aliphatic carbocycles. The molecular weight excluding hydrogens is 150 g/mol. The molecule has 0 radical (unpaired) electrons. The van der Waals surface area contributed by atoms with E-state index in [1.165, 1.54) is 0 Å². The van der Waals surface area contributed by atoms with Crippen LogP contribution < -0.4 is 4.98 Å². The molecule has 5 heteroatoms. The highest BCUT2D eigenvalue weighted by Crippen LogP contribution is 1.84. The van der Waals surface area contributed by atoms with E-state index in [1.54, 1.807) is 6.92 Å². The predicted octanol–water partition coefficient (Wildman–Crippen LogP) is -0.970. The Kier molecular flexibility index (Phi) is 6.20. The minimum absolute atomic E-state index is 0.311. The van der Waals surface area contributed by atoms with Crippen LogP contribution in [0.4, 0.5) is 4.79 Å². The average Bonchev–Trinajstić information content (AvgIpc) is 2.73. The van der Waals surface area contributed by atoms with Crippen LogP contribution in [0.25, 0.3) is 0 Å². The van der Waals surface area contributed by atoms with Gasteiger partial charge in [-0.1, -0.05) is 0 Å². The number of nitrogens with one attached hydrogen (secondary N) is 1. The molecule has 1 N–H and O–H groups in total. The van der Waals surface area contributed by atoms with Gasteiger partial charge in [-0.15, -0.1) is 0 Å². The van der Waals surface area contributed by atoms with Gasteiger partial charge in [0.1, 0.15) is 10.4 Å². The van der Waals surface area contributed by atoms with Gasteiger partial charge in [0.2, 0.25) is 0 Å². The second-order valence-corrected chi connectivity index (χ2v) is 2.08. The molecule has 1 aliphatic heterocycles. The van der Waals surface area contributed by atoms with Gasteiger partial charge in [0.15, 0.2) is 0 Å². The van der Waals surface area contributed by atoms with E-state index in [4.69, 9.17) is 0 Å². The summed E-state index contributed by atoms with van der Waals surface area (Å²) in [5.74, 6) is 0. The van der Waals surface area contributed by atoms with Crippen LogP contribution in [0.3, 0.4) is 0 Å². The standard InChI is InChI=1S/C3H9NO2Si.C2H4O/c1-2-6-3(5)4-7;1-2-3-1/h2H2,1,7H3,(H,4,5);1-2H2. The van der Waals surface area contributed by atoms with Gasteiger partial charge < -0.3 is 14.5 Å². The van der Waals surface area contributed by atoms with E-state index in [2.05, 4.69) is 14.5 Å². The van der Waals surface area contributed by atoms with Crippen molar-refractivity contribution in [2.75, 3.05) is 19.8 Å². The Labute approximate surface area is 63.4 Å². The predicted molar refractivity (Wildman–Crippen MR) is 40.9 cm³/mol. The quantitative estimate of drug-likeness (QED) is 0.400. The zero-order chi connectivity index (χ0) is 7.82. The lowest BCUT2D eigenvalue weighted by Gasteiger charge is -1.96. The molecule has 0 spiro atoms. The molecule has 10 heavy (non-hydrogen) atoms. The van der Waals surface area contributed by atoms with E-state index in [0.717, 1.165) is 13.2 Å². The molecule has 0 aromatic heterocycles. The highest BCUT2D eigenvalue weighted by Gasteiger charge is 1.94. The summed E-state index contributed by atoms with van der Waals surface area (Å²) in [4.78, 5) is 12.6. The maximum atomic E-state index is 10.1. The first-order valence-corrected chi connectivity index (χ1v) is 4.23. The van der Waals surface area contributed by atoms with Gasteiger partial charge >= 0.3 is 6.09 Å². The van der Waals surface area contributed by atoms with Crippen LogP contribution in [-0.4, -0.2) is 36.3 Å². The second-order valence-electron chi connectivity index (χ2n) is 1.58. The average molecular weight is 163 g/mol. The van der Waals surface area contributed by atoms with E-state index < -0.39 is 0 Å². The van der Waals surface area contributed by atoms with Gasteiger partial charge in [0, 0.05) is 0 Å². The van der Waals surface area contributed by atoms with E-state index >= 15 is 0 Å². The van der Waals surface area contributed by atoms with Gasteiger partial charge in [-0.3, -0.25) is 0 Å². The third-order valence-corrected chi connectivity index (χ3v) is 1.09. The fourth-order valence-corrected chi connectivity index (χ4v) is 0.348. The Morgan fingerprint density at radius 2 is 2.30 bits per heavy atom. The van der Waals surface area contributed by atoms with Gasteiger partial charge in [-0.05, 0) is 6.92 Å². The summed E-state index contributed by atoms with van der Waals surface area (Å²) in [6.45, 7) is 4.23. The summed E-state index contributed by atoms with van der Waals surface area (Å²) < 4.78 is 8.98. The van der Waals surface area contributed by atoms with Crippen molar-refractivity contribution >= 4 is 16.5 Å². The zero-order valence-corrected chi connectivity index (χ0v) is 8.35. The summed E-state index contributed by atoms with van der Waals surface area (Å²) in [7, 11) is 0.663. The maximum Gasteiger partial charge on any atom is 0.398 e. The molecule has 0 unspecified atom stereocenters. The van der Waals surface area contributed by atoms with Crippen LogP contribution in [0, 0.1) is 0 Å². The van der Waals surface area contributed by atoms with Crippen molar-refractivity contribution < 1.29 is 14.3 Å². The van der Waals surface area contributed by atoms with E-state index in [9.17, 15) is 4.79 Å². The van der Waals surface area contributed by atoms with E-state index in [-0.39, 0.29) is 6.09 Å². The summed E-state index contributed by atoms with van der Waals surface area (Å²) in [6, 6.07) is 0. The van der Waals surface area contributed by atoms with Crippen LogP contribution in [0.15, 0.2) is 0 Å². The fraction of sp³-hybridized carbons (Fsp3) is 0.800. The van der Waals surface area contributed by atoms with Crippen molar-refractivity contribution in [1.82, 2.24) is 4.98 Å². The molecule has 0 atom stereocenters. The number of hydrogen-bond acceptors (Lipinski definition) is 3. The summed E-state index contributed by atoms with van der Waals surface area (Å²) >= 11 is 0. The van der Waals surface area contributed by atoms with Crippen LogP contribution >= 0.6 is 0 Å². The molecule has 0 bridgehead atoms. The lowest BCUT2D eigenvalue weighted by atomic mass is 10.9. The molecule has 1 amide bonds. The molecule has 1 aliphatic rings. The molecule has 0 aromatic carbocycles. The number of amides is 1. The molecule has 1 heterocycles. The third kappa shape index (κ3) is 10.4. The fourth-order valence-electron chi connectivity index (χ4n) is 0.203. The number of epoxide rings is 1. The number of ether oxygens (including phenoxy) is 2.